The van der Waals surface area contributed by atoms with Crippen molar-refractivity contribution in [2.45, 2.75) is 13.3 Å². The number of nitrogens with one attached hydrogen (secondary N) is 1. The molecule has 0 heterocycles. The van der Waals surface area contributed by atoms with E-state index < -0.39 is 5.91 Å². The molecule has 1 N–H and O–H groups in total. The standard InChI is InChI=1S/C24H18BrClN2O/c1-16-6-11-21(26)14-23(16)28-24(29)20(15-27)13-18-9-7-17(8-10-18)12-19-4-2-3-5-22(19)25/h2-11,13-14H,12H2,1H3,(H,28,29)/b20-13+. The summed E-state index contributed by atoms with van der Waals surface area (Å²) in [4.78, 5) is 12.5. The predicted molar refractivity (Wildman–Crippen MR) is 122 cm³/mol. The molecule has 0 saturated carbocycles. The van der Waals surface area contributed by atoms with E-state index in [1.807, 2.05) is 61.5 Å². The molecule has 3 nitrogen and oxygen atoms in total. The average molecular weight is 466 g/mol. The normalized spacial score (nSPS) is 11.0. The number of benzene rings is 3. The Morgan fingerprint density at radius 1 is 1.14 bits per heavy atom. The molecule has 3 aromatic rings. The smallest absolute Gasteiger partial charge is 0.266 e. The molecule has 144 valence electrons. The molecule has 0 aliphatic heterocycles. The second-order valence-electron chi connectivity index (χ2n) is 6.59. The number of aryl methyl sites for hydroxylation is 1. The lowest BCUT2D eigenvalue weighted by molar-refractivity contribution is -0.112. The van der Waals surface area contributed by atoms with Crippen LogP contribution in [-0.4, -0.2) is 5.91 Å². The first-order chi connectivity index (χ1) is 14.0. The number of carbonyl (C=O) groups is 1. The van der Waals surface area contributed by atoms with Crippen molar-refractivity contribution in [3.05, 3.63) is 104 Å². The molecule has 1 amide bonds. The summed E-state index contributed by atoms with van der Waals surface area (Å²) in [5, 5.41) is 12.7. The minimum Gasteiger partial charge on any atom is -0.321 e. The molecule has 3 aromatic carbocycles. The van der Waals surface area contributed by atoms with E-state index in [1.165, 1.54) is 5.56 Å². The monoisotopic (exact) mass is 464 g/mol. The van der Waals surface area contributed by atoms with E-state index in [1.54, 1.807) is 18.2 Å². The van der Waals surface area contributed by atoms with E-state index in [0.717, 1.165) is 27.6 Å². The highest BCUT2D eigenvalue weighted by Crippen LogP contribution is 2.22. The first-order valence-electron chi connectivity index (χ1n) is 8.98. The fraction of sp³-hybridized carbons (Fsp3) is 0.0833. The van der Waals surface area contributed by atoms with Gasteiger partial charge in [0.25, 0.3) is 5.91 Å². The molecule has 3 rings (SSSR count). The summed E-state index contributed by atoms with van der Waals surface area (Å²) < 4.78 is 1.07. The number of nitrogens with zero attached hydrogens (tertiary/aromatic N) is 1. The number of halogens is 2. The molecular formula is C24H18BrClN2O. The predicted octanol–water partition coefficient (Wildman–Crippen LogP) is 6.55. The van der Waals surface area contributed by atoms with Crippen LogP contribution in [0.2, 0.25) is 5.02 Å². The van der Waals surface area contributed by atoms with E-state index in [9.17, 15) is 10.1 Å². The van der Waals surface area contributed by atoms with E-state index >= 15 is 0 Å². The van der Waals surface area contributed by atoms with Crippen molar-refractivity contribution in [1.82, 2.24) is 0 Å². The molecule has 0 aromatic heterocycles. The number of anilines is 1. The van der Waals surface area contributed by atoms with Crippen LogP contribution in [0, 0.1) is 18.3 Å². The van der Waals surface area contributed by atoms with Gasteiger partial charge in [-0.25, -0.2) is 0 Å². The zero-order valence-corrected chi connectivity index (χ0v) is 18.1. The van der Waals surface area contributed by atoms with Gasteiger partial charge in [0.15, 0.2) is 0 Å². The molecule has 0 saturated heterocycles. The van der Waals surface area contributed by atoms with Crippen LogP contribution in [0.5, 0.6) is 0 Å². The minimum absolute atomic E-state index is 0.0305. The highest BCUT2D eigenvalue weighted by molar-refractivity contribution is 9.10. The van der Waals surface area contributed by atoms with Gasteiger partial charge < -0.3 is 5.32 Å². The summed E-state index contributed by atoms with van der Waals surface area (Å²) in [6.07, 6.45) is 2.38. The fourth-order valence-electron chi connectivity index (χ4n) is 2.83. The van der Waals surface area contributed by atoms with E-state index in [0.29, 0.717) is 10.7 Å². The van der Waals surface area contributed by atoms with Crippen LogP contribution in [0.15, 0.2) is 76.8 Å². The van der Waals surface area contributed by atoms with Gasteiger partial charge >= 0.3 is 0 Å². The minimum atomic E-state index is -0.463. The van der Waals surface area contributed by atoms with E-state index in [-0.39, 0.29) is 5.57 Å². The lowest BCUT2D eigenvalue weighted by Gasteiger charge is -2.08. The Hall–Kier alpha value is -2.87. The number of hydrogen-bond donors (Lipinski definition) is 1. The van der Waals surface area contributed by atoms with Crippen molar-refractivity contribution in [1.29, 1.82) is 5.26 Å². The van der Waals surface area contributed by atoms with Crippen molar-refractivity contribution in [3.63, 3.8) is 0 Å². The van der Waals surface area contributed by atoms with Crippen LogP contribution in [0.4, 0.5) is 5.69 Å². The lowest BCUT2D eigenvalue weighted by atomic mass is 10.0. The summed E-state index contributed by atoms with van der Waals surface area (Å²) >= 11 is 9.56. The molecule has 0 unspecified atom stereocenters. The van der Waals surface area contributed by atoms with Crippen molar-refractivity contribution in [2.24, 2.45) is 0 Å². The quantitative estimate of drug-likeness (QED) is 0.343. The van der Waals surface area contributed by atoms with Crippen molar-refractivity contribution in [3.8, 4) is 6.07 Å². The Balaban J connectivity index is 1.75. The fourth-order valence-corrected chi connectivity index (χ4v) is 3.42. The largest absolute Gasteiger partial charge is 0.321 e. The molecule has 0 aliphatic carbocycles. The Morgan fingerprint density at radius 2 is 1.86 bits per heavy atom. The highest BCUT2D eigenvalue weighted by Gasteiger charge is 2.11. The molecule has 29 heavy (non-hydrogen) atoms. The third-order valence-corrected chi connectivity index (χ3v) is 5.46. The van der Waals surface area contributed by atoms with Gasteiger partial charge in [-0.1, -0.05) is 76.1 Å². The molecule has 0 fully saturated rings. The van der Waals surface area contributed by atoms with Crippen LogP contribution >= 0.6 is 27.5 Å². The third kappa shape index (κ3) is 5.57. The van der Waals surface area contributed by atoms with Crippen LogP contribution in [-0.2, 0) is 11.2 Å². The molecular weight excluding hydrogens is 448 g/mol. The average Bonchev–Trinajstić information content (AvgIpc) is 2.71. The molecule has 0 atom stereocenters. The van der Waals surface area contributed by atoms with E-state index in [2.05, 4.69) is 27.3 Å². The maximum atomic E-state index is 12.5. The van der Waals surface area contributed by atoms with Gasteiger partial charge in [0, 0.05) is 15.2 Å². The number of carbonyl (C=O) groups excluding carboxylic acids is 1. The van der Waals surface area contributed by atoms with Gasteiger partial charge in [0.1, 0.15) is 11.6 Å². The van der Waals surface area contributed by atoms with Crippen LogP contribution < -0.4 is 5.32 Å². The molecule has 5 heteroatoms. The molecule has 0 radical (unpaired) electrons. The number of rotatable bonds is 5. The Kier molecular flexibility index (Phi) is 6.87. The topological polar surface area (TPSA) is 52.9 Å². The maximum Gasteiger partial charge on any atom is 0.266 e. The number of hydrogen-bond acceptors (Lipinski definition) is 2. The van der Waals surface area contributed by atoms with Gasteiger partial charge in [-0.3, -0.25) is 4.79 Å². The lowest BCUT2D eigenvalue weighted by Crippen LogP contribution is -2.14. The molecule has 0 aliphatic rings. The first kappa shape index (κ1) is 20.9. The summed E-state index contributed by atoms with van der Waals surface area (Å²) in [5.41, 5.74) is 4.62. The third-order valence-electron chi connectivity index (χ3n) is 4.46. The molecule has 0 spiro atoms. The summed E-state index contributed by atoms with van der Waals surface area (Å²) in [5.74, 6) is -0.463. The summed E-state index contributed by atoms with van der Waals surface area (Å²) in [6.45, 7) is 1.87. The Labute approximate surface area is 183 Å². The summed E-state index contributed by atoms with van der Waals surface area (Å²) in [7, 11) is 0. The second kappa shape index (κ2) is 9.56. The van der Waals surface area contributed by atoms with E-state index in [4.69, 9.17) is 11.6 Å². The SMILES string of the molecule is Cc1ccc(Cl)cc1NC(=O)/C(C#N)=C/c1ccc(Cc2ccccc2Br)cc1. The Morgan fingerprint density at radius 3 is 2.55 bits per heavy atom. The van der Waals surface area contributed by atoms with Crippen molar-refractivity contribution >= 4 is 45.2 Å². The van der Waals surface area contributed by atoms with Gasteiger partial charge in [0.2, 0.25) is 0 Å². The van der Waals surface area contributed by atoms with Crippen LogP contribution in [0.1, 0.15) is 22.3 Å². The zero-order chi connectivity index (χ0) is 20.8. The zero-order valence-electron chi connectivity index (χ0n) is 15.7. The Bertz CT molecular complexity index is 1110. The van der Waals surface area contributed by atoms with Crippen molar-refractivity contribution in [2.75, 3.05) is 5.32 Å². The van der Waals surface area contributed by atoms with Crippen molar-refractivity contribution < 1.29 is 4.79 Å². The van der Waals surface area contributed by atoms with Crippen LogP contribution in [0.3, 0.4) is 0 Å². The second-order valence-corrected chi connectivity index (χ2v) is 7.88. The first-order valence-corrected chi connectivity index (χ1v) is 10.1. The summed E-state index contributed by atoms with van der Waals surface area (Å²) in [6, 6.07) is 23.1. The maximum absolute atomic E-state index is 12.5. The molecule has 0 bridgehead atoms. The number of nitriles is 1. The van der Waals surface area contributed by atoms with Gasteiger partial charge in [-0.2, -0.15) is 5.26 Å². The van der Waals surface area contributed by atoms with Crippen LogP contribution in [0.25, 0.3) is 6.08 Å². The van der Waals surface area contributed by atoms with Gasteiger partial charge in [-0.15, -0.1) is 0 Å². The number of amides is 1. The van der Waals surface area contributed by atoms with Gasteiger partial charge in [-0.05, 0) is 59.9 Å². The van der Waals surface area contributed by atoms with Gasteiger partial charge in [0.05, 0.1) is 0 Å². The highest BCUT2D eigenvalue weighted by atomic mass is 79.9.